The first-order valence-electron chi connectivity index (χ1n) is 5.47. The first-order valence-corrected chi connectivity index (χ1v) is 5.47. The van der Waals surface area contributed by atoms with Gasteiger partial charge in [-0.25, -0.2) is 9.59 Å². The number of hydrogen-bond acceptors (Lipinski definition) is 4. The van der Waals surface area contributed by atoms with Gasteiger partial charge in [0.25, 0.3) is 0 Å². The second-order valence-corrected chi connectivity index (χ2v) is 3.29. The van der Waals surface area contributed by atoms with Crippen molar-refractivity contribution >= 4 is 11.9 Å². The zero-order valence-electron chi connectivity index (χ0n) is 9.76. The van der Waals surface area contributed by atoms with Gasteiger partial charge in [-0.1, -0.05) is 6.58 Å². The fourth-order valence-corrected chi connectivity index (χ4v) is 1.08. The molecule has 0 amide bonds. The van der Waals surface area contributed by atoms with Gasteiger partial charge in [0.1, 0.15) is 0 Å². The lowest BCUT2D eigenvalue weighted by Gasteiger charge is -2.02. The molecule has 1 N–H and O–H groups in total. The molecule has 0 unspecified atom stereocenters. The molecule has 0 aromatic carbocycles. The van der Waals surface area contributed by atoms with Gasteiger partial charge in [0.05, 0.1) is 19.5 Å². The number of unbranched alkanes of at least 4 members (excludes halogenated alkanes) is 3. The molecule has 0 spiro atoms. The summed E-state index contributed by atoms with van der Waals surface area (Å²) in [7, 11) is 0. The minimum Gasteiger partial charge on any atom is -0.502 e. The summed E-state index contributed by atoms with van der Waals surface area (Å²) in [5.74, 6) is -1.79. The fourth-order valence-electron chi connectivity index (χ4n) is 1.08. The lowest BCUT2D eigenvalue weighted by atomic mass is 10.2. The van der Waals surface area contributed by atoms with Crippen molar-refractivity contribution in [3.05, 3.63) is 25.0 Å². The van der Waals surface area contributed by atoms with Crippen molar-refractivity contribution in [3.63, 3.8) is 0 Å². The number of hydrogen-bond donors (Lipinski definition) is 1. The van der Waals surface area contributed by atoms with E-state index in [9.17, 15) is 9.59 Å². The standard InChI is InChI=1S/C12H18O5/c1-2-16-9-5-3-4-6-10-17-12(15)8-7-11(13)14/h2,7-8H,1,3-6,9-10H2,(H,13,14)/b8-7+. The number of carbonyl (C=O) groups is 2. The third-order valence-corrected chi connectivity index (χ3v) is 1.88. The zero-order valence-corrected chi connectivity index (χ0v) is 9.76. The molecule has 0 bridgehead atoms. The Labute approximate surface area is 101 Å². The lowest BCUT2D eigenvalue weighted by molar-refractivity contribution is -0.138. The minimum atomic E-state index is -1.16. The number of rotatable bonds is 10. The van der Waals surface area contributed by atoms with Crippen LogP contribution in [0.3, 0.4) is 0 Å². The molecule has 0 saturated carbocycles. The van der Waals surface area contributed by atoms with E-state index in [-0.39, 0.29) is 0 Å². The highest BCUT2D eigenvalue weighted by Gasteiger charge is 1.98. The number of esters is 1. The van der Waals surface area contributed by atoms with Gasteiger partial charge >= 0.3 is 11.9 Å². The summed E-state index contributed by atoms with van der Waals surface area (Å²) in [6.07, 6.45) is 6.72. The van der Waals surface area contributed by atoms with Crippen LogP contribution >= 0.6 is 0 Å². The SMILES string of the molecule is C=COCCCCCCOC(=O)/C=C/C(=O)O. The second kappa shape index (κ2) is 10.7. The highest BCUT2D eigenvalue weighted by Crippen LogP contribution is 2.00. The van der Waals surface area contributed by atoms with Gasteiger partial charge in [-0.2, -0.15) is 0 Å². The Morgan fingerprint density at radius 3 is 2.29 bits per heavy atom. The van der Waals surface area contributed by atoms with E-state index in [0.717, 1.165) is 37.8 Å². The molecule has 0 atom stereocenters. The van der Waals surface area contributed by atoms with Crippen molar-refractivity contribution in [1.29, 1.82) is 0 Å². The number of carboxylic acids is 1. The number of ether oxygens (including phenoxy) is 2. The molecular formula is C12H18O5. The van der Waals surface area contributed by atoms with Crippen LogP contribution in [-0.2, 0) is 19.1 Å². The lowest BCUT2D eigenvalue weighted by Crippen LogP contribution is -2.03. The monoisotopic (exact) mass is 242 g/mol. The molecule has 0 aliphatic rings. The summed E-state index contributed by atoms with van der Waals surface area (Å²) in [5, 5.41) is 8.26. The normalized spacial score (nSPS) is 10.1. The Kier molecular flexibility index (Phi) is 9.61. The molecule has 0 aliphatic heterocycles. The van der Waals surface area contributed by atoms with Crippen LogP contribution in [0, 0.1) is 0 Å². The molecule has 0 saturated heterocycles. The summed E-state index contributed by atoms with van der Waals surface area (Å²) in [6.45, 7) is 4.40. The predicted molar refractivity (Wildman–Crippen MR) is 62.4 cm³/mol. The van der Waals surface area contributed by atoms with E-state index in [2.05, 4.69) is 6.58 Å². The van der Waals surface area contributed by atoms with Gasteiger partial charge < -0.3 is 14.6 Å². The smallest absolute Gasteiger partial charge is 0.331 e. The van der Waals surface area contributed by atoms with E-state index in [1.807, 2.05) is 0 Å². The number of carboxylic acid groups (broad SMARTS) is 1. The molecule has 5 heteroatoms. The number of carbonyl (C=O) groups excluding carboxylic acids is 1. The average Bonchev–Trinajstić information content (AvgIpc) is 2.30. The van der Waals surface area contributed by atoms with Gasteiger partial charge in [0.15, 0.2) is 0 Å². The molecule has 0 radical (unpaired) electrons. The minimum absolute atomic E-state index is 0.311. The van der Waals surface area contributed by atoms with Crippen molar-refractivity contribution in [1.82, 2.24) is 0 Å². The van der Waals surface area contributed by atoms with Crippen molar-refractivity contribution in [2.45, 2.75) is 25.7 Å². The van der Waals surface area contributed by atoms with Crippen LogP contribution in [0.15, 0.2) is 25.0 Å². The van der Waals surface area contributed by atoms with Crippen molar-refractivity contribution in [3.8, 4) is 0 Å². The van der Waals surface area contributed by atoms with E-state index in [1.54, 1.807) is 0 Å². The van der Waals surface area contributed by atoms with Gasteiger partial charge in [0, 0.05) is 12.2 Å². The zero-order chi connectivity index (χ0) is 12.9. The highest BCUT2D eigenvalue weighted by molar-refractivity contribution is 5.90. The van der Waals surface area contributed by atoms with Crippen LogP contribution in [-0.4, -0.2) is 30.3 Å². The van der Waals surface area contributed by atoms with E-state index in [1.165, 1.54) is 6.26 Å². The van der Waals surface area contributed by atoms with E-state index < -0.39 is 11.9 Å². The Morgan fingerprint density at radius 2 is 1.71 bits per heavy atom. The van der Waals surface area contributed by atoms with Crippen molar-refractivity contribution in [2.24, 2.45) is 0 Å². The van der Waals surface area contributed by atoms with Gasteiger partial charge in [0.2, 0.25) is 0 Å². The molecule has 5 nitrogen and oxygen atoms in total. The maximum atomic E-state index is 10.9. The average molecular weight is 242 g/mol. The first kappa shape index (κ1) is 15.2. The van der Waals surface area contributed by atoms with Crippen LogP contribution in [0.2, 0.25) is 0 Å². The van der Waals surface area contributed by atoms with E-state index in [4.69, 9.17) is 14.6 Å². The third kappa shape index (κ3) is 12.2. The molecule has 96 valence electrons. The summed E-state index contributed by atoms with van der Waals surface area (Å²) in [6, 6.07) is 0. The van der Waals surface area contributed by atoms with Crippen LogP contribution in [0.1, 0.15) is 25.7 Å². The van der Waals surface area contributed by atoms with E-state index in [0.29, 0.717) is 13.2 Å². The molecule has 0 rings (SSSR count). The van der Waals surface area contributed by atoms with Gasteiger partial charge in [-0.15, -0.1) is 0 Å². The Balaban J connectivity index is 3.30. The van der Waals surface area contributed by atoms with Gasteiger partial charge in [-0.05, 0) is 25.7 Å². The van der Waals surface area contributed by atoms with E-state index >= 15 is 0 Å². The van der Waals surface area contributed by atoms with Crippen LogP contribution < -0.4 is 0 Å². The maximum absolute atomic E-state index is 10.9. The maximum Gasteiger partial charge on any atom is 0.331 e. The largest absolute Gasteiger partial charge is 0.502 e. The second-order valence-electron chi connectivity index (χ2n) is 3.29. The predicted octanol–water partition coefficient (Wildman–Crippen LogP) is 1.89. The molecule has 17 heavy (non-hydrogen) atoms. The molecule has 0 heterocycles. The summed E-state index contributed by atoms with van der Waals surface area (Å²) in [4.78, 5) is 21.0. The summed E-state index contributed by atoms with van der Waals surface area (Å²) in [5.41, 5.74) is 0. The molecule has 0 fully saturated rings. The van der Waals surface area contributed by atoms with Gasteiger partial charge in [-0.3, -0.25) is 0 Å². The highest BCUT2D eigenvalue weighted by atomic mass is 16.5. The number of aliphatic carboxylic acids is 1. The fraction of sp³-hybridized carbons (Fsp3) is 0.500. The van der Waals surface area contributed by atoms with Crippen LogP contribution in [0.4, 0.5) is 0 Å². The van der Waals surface area contributed by atoms with Crippen molar-refractivity contribution < 1.29 is 24.2 Å². The third-order valence-electron chi connectivity index (χ3n) is 1.88. The topological polar surface area (TPSA) is 72.8 Å². The summed E-state index contributed by atoms with van der Waals surface area (Å²) < 4.78 is 9.73. The Hall–Kier alpha value is -1.78. The van der Waals surface area contributed by atoms with Crippen LogP contribution in [0.25, 0.3) is 0 Å². The molecule has 0 aromatic heterocycles. The quantitative estimate of drug-likeness (QED) is 0.274. The van der Waals surface area contributed by atoms with Crippen LogP contribution in [0.5, 0.6) is 0 Å². The molecule has 0 aromatic rings. The Morgan fingerprint density at radius 1 is 1.06 bits per heavy atom. The van der Waals surface area contributed by atoms with Crippen molar-refractivity contribution in [2.75, 3.05) is 13.2 Å². The summed E-state index contributed by atoms with van der Waals surface area (Å²) >= 11 is 0. The Bertz CT molecular complexity index is 270. The molecular weight excluding hydrogens is 224 g/mol. The molecule has 0 aliphatic carbocycles. The first-order chi connectivity index (χ1) is 8.16.